The summed E-state index contributed by atoms with van der Waals surface area (Å²) in [5.74, 6) is 0. The maximum absolute atomic E-state index is 2.64. The number of hydrogen-bond donors (Lipinski definition) is 0. The summed E-state index contributed by atoms with van der Waals surface area (Å²) in [5, 5.41) is 2.43. The molecule has 0 atom stereocenters. The molecule has 1 saturated heterocycles. The van der Waals surface area contributed by atoms with E-state index in [-0.39, 0.29) is 0 Å². The van der Waals surface area contributed by atoms with Crippen LogP contribution in [0.15, 0.2) is 5.38 Å². The van der Waals surface area contributed by atoms with Crippen LogP contribution in [0, 0.1) is 0 Å². The Bertz CT molecular complexity index is 391. The molecule has 0 unspecified atom stereocenters. The van der Waals surface area contributed by atoms with Gasteiger partial charge in [-0.15, -0.1) is 11.3 Å². The van der Waals surface area contributed by atoms with E-state index in [4.69, 9.17) is 0 Å². The Labute approximate surface area is 115 Å². The van der Waals surface area contributed by atoms with E-state index in [0.717, 1.165) is 0 Å². The highest BCUT2D eigenvalue weighted by Crippen LogP contribution is 2.31. The predicted octanol–water partition coefficient (Wildman–Crippen LogP) is 2.76. The number of thiophene rings is 1. The van der Waals surface area contributed by atoms with Crippen LogP contribution in [-0.2, 0) is 19.4 Å². The summed E-state index contributed by atoms with van der Waals surface area (Å²) in [4.78, 5) is 6.88. The fourth-order valence-electron chi connectivity index (χ4n) is 3.20. The van der Waals surface area contributed by atoms with Crippen molar-refractivity contribution in [2.75, 3.05) is 32.7 Å². The van der Waals surface area contributed by atoms with Crippen LogP contribution in [0.25, 0.3) is 0 Å². The summed E-state index contributed by atoms with van der Waals surface area (Å²) in [5.41, 5.74) is 3.35. The minimum absolute atomic E-state index is 1.20. The van der Waals surface area contributed by atoms with Crippen molar-refractivity contribution in [1.29, 1.82) is 0 Å². The van der Waals surface area contributed by atoms with Gasteiger partial charge in [-0.25, -0.2) is 0 Å². The standard InChI is InChI=1S/C15H24N2S/c1-2-16-7-9-17(10-8-16)11-13-12-18-15-6-4-3-5-14(13)15/h12H,2-11H2,1H3. The van der Waals surface area contributed by atoms with Gasteiger partial charge >= 0.3 is 0 Å². The quantitative estimate of drug-likeness (QED) is 0.828. The van der Waals surface area contributed by atoms with Crippen molar-refractivity contribution in [1.82, 2.24) is 9.80 Å². The topological polar surface area (TPSA) is 6.48 Å². The van der Waals surface area contributed by atoms with Gasteiger partial charge in [-0.1, -0.05) is 6.92 Å². The Kier molecular flexibility index (Phi) is 4.02. The first-order valence-electron chi connectivity index (χ1n) is 7.39. The molecule has 3 heteroatoms. The van der Waals surface area contributed by atoms with E-state index in [1.807, 2.05) is 11.3 Å². The lowest BCUT2D eigenvalue weighted by atomic mass is 9.95. The van der Waals surface area contributed by atoms with Gasteiger partial charge in [0.1, 0.15) is 0 Å². The molecule has 1 aromatic heterocycles. The molecule has 18 heavy (non-hydrogen) atoms. The zero-order valence-corrected chi connectivity index (χ0v) is 12.3. The van der Waals surface area contributed by atoms with Crippen LogP contribution in [0.2, 0.25) is 0 Å². The Morgan fingerprint density at radius 3 is 2.56 bits per heavy atom. The molecule has 2 aliphatic rings. The number of piperazine rings is 1. The molecule has 1 fully saturated rings. The molecule has 1 aliphatic carbocycles. The lowest BCUT2D eigenvalue weighted by molar-refractivity contribution is 0.132. The molecule has 0 aromatic carbocycles. The van der Waals surface area contributed by atoms with Crippen LogP contribution in [-0.4, -0.2) is 42.5 Å². The van der Waals surface area contributed by atoms with Crippen LogP contribution < -0.4 is 0 Å². The number of likely N-dealkylation sites (N-methyl/N-ethyl adjacent to an activating group) is 1. The van der Waals surface area contributed by atoms with Gasteiger partial charge in [-0.3, -0.25) is 4.90 Å². The van der Waals surface area contributed by atoms with Gasteiger partial charge in [0.05, 0.1) is 0 Å². The molecular weight excluding hydrogens is 240 g/mol. The fourth-order valence-corrected chi connectivity index (χ4v) is 4.34. The average molecular weight is 264 g/mol. The van der Waals surface area contributed by atoms with E-state index < -0.39 is 0 Å². The Balaban J connectivity index is 1.61. The molecule has 2 heterocycles. The summed E-state index contributed by atoms with van der Waals surface area (Å²) < 4.78 is 0. The smallest absolute Gasteiger partial charge is 0.0245 e. The SMILES string of the molecule is CCN1CCN(Cc2csc3c2CCCC3)CC1. The van der Waals surface area contributed by atoms with Crippen molar-refractivity contribution in [3.8, 4) is 0 Å². The predicted molar refractivity (Wildman–Crippen MR) is 78.4 cm³/mol. The molecular formula is C15H24N2S. The van der Waals surface area contributed by atoms with E-state index in [1.54, 1.807) is 16.0 Å². The van der Waals surface area contributed by atoms with Gasteiger partial charge in [0.25, 0.3) is 0 Å². The third kappa shape index (κ3) is 2.63. The van der Waals surface area contributed by atoms with E-state index in [2.05, 4.69) is 22.1 Å². The number of fused-ring (bicyclic) bond motifs is 1. The van der Waals surface area contributed by atoms with Crippen molar-refractivity contribution >= 4 is 11.3 Å². The molecule has 0 radical (unpaired) electrons. The van der Waals surface area contributed by atoms with E-state index >= 15 is 0 Å². The summed E-state index contributed by atoms with van der Waals surface area (Å²) in [6.07, 6.45) is 5.48. The highest BCUT2D eigenvalue weighted by Gasteiger charge is 2.20. The second-order valence-electron chi connectivity index (χ2n) is 5.58. The largest absolute Gasteiger partial charge is 0.301 e. The first-order valence-corrected chi connectivity index (χ1v) is 8.27. The Morgan fingerprint density at radius 2 is 1.78 bits per heavy atom. The van der Waals surface area contributed by atoms with Crippen LogP contribution in [0.5, 0.6) is 0 Å². The molecule has 100 valence electrons. The fraction of sp³-hybridized carbons (Fsp3) is 0.733. The van der Waals surface area contributed by atoms with Gasteiger partial charge in [-0.2, -0.15) is 0 Å². The van der Waals surface area contributed by atoms with Crippen LogP contribution >= 0.6 is 11.3 Å². The summed E-state index contributed by atoms with van der Waals surface area (Å²) >= 11 is 2.01. The van der Waals surface area contributed by atoms with Gasteiger partial charge < -0.3 is 4.90 Å². The average Bonchev–Trinajstić information content (AvgIpc) is 2.83. The maximum atomic E-state index is 2.64. The highest BCUT2D eigenvalue weighted by molar-refractivity contribution is 7.10. The van der Waals surface area contributed by atoms with E-state index in [1.165, 1.54) is 65.0 Å². The zero-order valence-electron chi connectivity index (χ0n) is 11.5. The van der Waals surface area contributed by atoms with Crippen LogP contribution in [0.1, 0.15) is 35.8 Å². The molecule has 2 nitrogen and oxygen atoms in total. The molecule has 0 spiro atoms. The highest BCUT2D eigenvalue weighted by atomic mass is 32.1. The second kappa shape index (κ2) is 5.72. The molecule has 0 N–H and O–H groups in total. The van der Waals surface area contributed by atoms with Gasteiger partial charge in [0, 0.05) is 37.6 Å². The molecule has 0 saturated carbocycles. The number of hydrogen-bond acceptors (Lipinski definition) is 3. The number of nitrogens with zero attached hydrogens (tertiary/aromatic N) is 2. The normalized spacial score (nSPS) is 22.1. The monoisotopic (exact) mass is 264 g/mol. The Hall–Kier alpha value is -0.380. The number of aryl methyl sites for hydroxylation is 1. The minimum atomic E-state index is 1.20. The summed E-state index contributed by atoms with van der Waals surface area (Å²) in [7, 11) is 0. The van der Waals surface area contributed by atoms with Crippen molar-refractivity contribution < 1.29 is 0 Å². The summed E-state index contributed by atoms with van der Waals surface area (Å²) in [6, 6.07) is 0. The van der Waals surface area contributed by atoms with Gasteiger partial charge in [-0.05, 0) is 48.7 Å². The lowest BCUT2D eigenvalue weighted by Gasteiger charge is -2.34. The second-order valence-corrected chi connectivity index (χ2v) is 6.54. The van der Waals surface area contributed by atoms with Gasteiger partial charge in [0.2, 0.25) is 0 Å². The lowest BCUT2D eigenvalue weighted by Crippen LogP contribution is -2.45. The zero-order chi connectivity index (χ0) is 12.4. The Morgan fingerprint density at radius 1 is 1.06 bits per heavy atom. The van der Waals surface area contributed by atoms with Crippen LogP contribution in [0.3, 0.4) is 0 Å². The summed E-state index contributed by atoms with van der Waals surface area (Å²) in [6.45, 7) is 9.68. The molecule has 3 rings (SSSR count). The van der Waals surface area contributed by atoms with E-state index in [0.29, 0.717) is 0 Å². The molecule has 1 aromatic rings. The third-order valence-electron chi connectivity index (χ3n) is 4.45. The van der Waals surface area contributed by atoms with Crippen LogP contribution in [0.4, 0.5) is 0 Å². The van der Waals surface area contributed by atoms with Crippen molar-refractivity contribution in [3.05, 3.63) is 21.4 Å². The van der Waals surface area contributed by atoms with E-state index in [9.17, 15) is 0 Å². The van der Waals surface area contributed by atoms with Crippen molar-refractivity contribution in [2.45, 2.75) is 39.2 Å². The molecule has 0 bridgehead atoms. The first-order chi connectivity index (χ1) is 8.86. The number of rotatable bonds is 3. The maximum Gasteiger partial charge on any atom is 0.0245 e. The molecule has 0 amide bonds. The minimum Gasteiger partial charge on any atom is -0.301 e. The van der Waals surface area contributed by atoms with Gasteiger partial charge in [0.15, 0.2) is 0 Å². The first kappa shape index (κ1) is 12.6. The van der Waals surface area contributed by atoms with Crippen molar-refractivity contribution in [2.24, 2.45) is 0 Å². The third-order valence-corrected chi connectivity index (χ3v) is 5.59. The van der Waals surface area contributed by atoms with Crippen molar-refractivity contribution in [3.63, 3.8) is 0 Å². The molecule has 1 aliphatic heterocycles.